The number of piperazine rings is 1. The predicted octanol–water partition coefficient (Wildman–Crippen LogP) is 1.80. The molecule has 0 bridgehead atoms. The molecule has 0 unspecified atom stereocenters. The van der Waals surface area contributed by atoms with Gasteiger partial charge in [0.25, 0.3) is 0 Å². The van der Waals surface area contributed by atoms with Crippen LogP contribution in [0.2, 0.25) is 0 Å². The topological polar surface area (TPSA) is 95.7 Å². The number of nitrogens with two attached hydrogens (primary N) is 1. The molecule has 0 saturated carbocycles. The molecular weight excluding hydrogens is 396 g/mol. The molecule has 0 atom stereocenters. The molecule has 1 aliphatic heterocycles. The summed E-state index contributed by atoms with van der Waals surface area (Å²) in [7, 11) is -3.63. The van der Waals surface area contributed by atoms with E-state index in [1.54, 1.807) is 0 Å². The van der Waals surface area contributed by atoms with Crippen molar-refractivity contribution in [2.24, 2.45) is 5.73 Å². The smallest absolute Gasteiger partial charge is 0.248 e. The molecule has 0 spiro atoms. The molecule has 2 aromatic carbocycles. The third-order valence-corrected chi connectivity index (χ3v) is 6.96. The number of carbonyl (C=O) groups excluding carboxylic acids is 1. The van der Waals surface area contributed by atoms with E-state index in [1.165, 1.54) is 28.6 Å². The number of thiocarbonyl (C=S) groups is 1. The van der Waals surface area contributed by atoms with E-state index in [1.807, 2.05) is 36.1 Å². The number of hydrogen-bond donors (Lipinski definition) is 2. The Morgan fingerprint density at radius 3 is 2.21 bits per heavy atom. The van der Waals surface area contributed by atoms with Crippen LogP contribution in [0.5, 0.6) is 0 Å². The van der Waals surface area contributed by atoms with E-state index in [9.17, 15) is 13.2 Å². The zero-order valence-electron chi connectivity index (χ0n) is 15.5. The Morgan fingerprint density at radius 2 is 1.64 bits per heavy atom. The lowest BCUT2D eigenvalue weighted by molar-refractivity contribution is 0.1000. The number of para-hydroxylation sites is 1. The number of carbonyl (C=O) groups is 1. The van der Waals surface area contributed by atoms with Crippen LogP contribution in [0, 0.1) is 6.92 Å². The summed E-state index contributed by atoms with van der Waals surface area (Å²) in [6.07, 6.45) is 0. The first-order valence-corrected chi connectivity index (χ1v) is 10.7. The lowest BCUT2D eigenvalue weighted by atomic mass is 10.2. The van der Waals surface area contributed by atoms with E-state index < -0.39 is 15.9 Å². The minimum atomic E-state index is -3.63. The van der Waals surface area contributed by atoms with Crippen molar-refractivity contribution >= 4 is 38.9 Å². The van der Waals surface area contributed by atoms with Crippen LogP contribution in [0.15, 0.2) is 53.4 Å². The molecule has 9 heteroatoms. The second-order valence-electron chi connectivity index (χ2n) is 6.52. The SMILES string of the molecule is Cc1ccccc1NC(=S)N1CCN(S(=O)(=O)c2ccc(C(N)=O)cc2)CC1. The van der Waals surface area contributed by atoms with Crippen molar-refractivity contribution in [1.29, 1.82) is 0 Å². The summed E-state index contributed by atoms with van der Waals surface area (Å²) in [6, 6.07) is 13.5. The van der Waals surface area contributed by atoms with Crippen LogP contribution >= 0.6 is 12.2 Å². The first kappa shape index (κ1) is 20.2. The lowest BCUT2D eigenvalue weighted by Crippen LogP contribution is -2.51. The van der Waals surface area contributed by atoms with E-state index in [0.717, 1.165) is 11.3 Å². The standard InChI is InChI=1S/C19H22N4O3S2/c1-14-4-2-3-5-17(14)21-19(27)22-10-12-23(13-11-22)28(25,26)16-8-6-15(7-9-16)18(20)24/h2-9H,10-13H2,1H3,(H2,20,24)(H,21,27). The number of sulfonamides is 1. The molecule has 1 aliphatic rings. The second kappa shape index (κ2) is 8.26. The molecule has 1 saturated heterocycles. The summed E-state index contributed by atoms with van der Waals surface area (Å²) in [5.41, 5.74) is 7.51. The van der Waals surface area contributed by atoms with Gasteiger partial charge in [-0.15, -0.1) is 0 Å². The summed E-state index contributed by atoms with van der Waals surface area (Å²) in [5, 5.41) is 3.81. The number of amides is 1. The van der Waals surface area contributed by atoms with Crippen molar-refractivity contribution in [3.63, 3.8) is 0 Å². The third kappa shape index (κ3) is 4.32. The highest BCUT2D eigenvalue weighted by atomic mass is 32.2. The van der Waals surface area contributed by atoms with Crippen molar-refractivity contribution in [3.05, 3.63) is 59.7 Å². The molecule has 0 radical (unpaired) electrons. The molecule has 0 aromatic heterocycles. The summed E-state index contributed by atoms with van der Waals surface area (Å²) in [6.45, 7) is 3.65. The average molecular weight is 419 g/mol. The number of rotatable bonds is 4. The quantitative estimate of drug-likeness (QED) is 0.735. The summed E-state index contributed by atoms with van der Waals surface area (Å²) < 4.78 is 27.1. The number of aryl methyl sites for hydroxylation is 1. The first-order chi connectivity index (χ1) is 13.3. The number of primary amides is 1. The van der Waals surface area contributed by atoms with Gasteiger partial charge in [0.15, 0.2) is 5.11 Å². The Balaban J connectivity index is 1.63. The first-order valence-electron chi connectivity index (χ1n) is 8.80. The van der Waals surface area contributed by atoms with Gasteiger partial charge in [-0.05, 0) is 55.0 Å². The predicted molar refractivity (Wildman–Crippen MR) is 113 cm³/mol. The third-order valence-electron chi connectivity index (χ3n) is 4.69. The Morgan fingerprint density at radius 1 is 1.04 bits per heavy atom. The molecule has 1 fully saturated rings. The van der Waals surface area contributed by atoms with Gasteiger partial charge in [0.1, 0.15) is 0 Å². The van der Waals surface area contributed by atoms with Crippen molar-refractivity contribution in [1.82, 2.24) is 9.21 Å². The monoisotopic (exact) mass is 418 g/mol. The molecular formula is C19H22N4O3S2. The van der Waals surface area contributed by atoms with Crippen molar-refractivity contribution in [2.45, 2.75) is 11.8 Å². The molecule has 1 heterocycles. The molecule has 1 amide bonds. The molecule has 2 aromatic rings. The number of benzene rings is 2. The molecule has 3 N–H and O–H groups in total. The number of hydrogen-bond acceptors (Lipinski definition) is 4. The zero-order chi connectivity index (χ0) is 20.3. The molecule has 28 heavy (non-hydrogen) atoms. The van der Waals surface area contributed by atoms with Gasteiger partial charge in [0.05, 0.1) is 4.90 Å². The minimum absolute atomic E-state index is 0.145. The van der Waals surface area contributed by atoms with Crippen LogP contribution in [0.1, 0.15) is 15.9 Å². The molecule has 7 nitrogen and oxygen atoms in total. The largest absolute Gasteiger partial charge is 0.366 e. The summed E-state index contributed by atoms with van der Waals surface area (Å²) in [4.78, 5) is 13.3. The van der Waals surface area contributed by atoms with Crippen LogP contribution < -0.4 is 11.1 Å². The van der Waals surface area contributed by atoms with Crippen LogP contribution in [0.3, 0.4) is 0 Å². The van der Waals surface area contributed by atoms with E-state index >= 15 is 0 Å². The number of nitrogens with zero attached hydrogens (tertiary/aromatic N) is 2. The highest BCUT2D eigenvalue weighted by molar-refractivity contribution is 7.89. The average Bonchev–Trinajstić information content (AvgIpc) is 2.70. The number of anilines is 1. The normalized spacial score (nSPS) is 15.2. The van der Waals surface area contributed by atoms with Gasteiger partial charge >= 0.3 is 0 Å². The van der Waals surface area contributed by atoms with Crippen LogP contribution in [-0.4, -0.2) is 54.8 Å². The lowest BCUT2D eigenvalue weighted by Gasteiger charge is -2.35. The van der Waals surface area contributed by atoms with E-state index in [-0.39, 0.29) is 10.5 Å². The second-order valence-corrected chi connectivity index (χ2v) is 8.85. The zero-order valence-corrected chi connectivity index (χ0v) is 17.1. The minimum Gasteiger partial charge on any atom is -0.366 e. The van der Waals surface area contributed by atoms with Crippen molar-refractivity contribution < 1.29 is 13.2 Å². The van der Waals surface area contributed by atoms with Crippen molar-refractivity contribution in [2.75, 3.05) is 31.5 Å². The summed E-state index contributed by atoms with van der Waals surface area (Å²) >= 11 is 5.48. The van der Waals surface area contributed by atoms with Gasteiger partial charge < -0.3 is 16.0 Å². The molecule has 0 aliphatic carbocycles. The van der Waals surface area contributed by atoms with Gasteiger partial charge in [-0.25, -0.2) is 8.42 Å². The highest BCUT2D eigenvalue weighted by Crippen LogP contribution is 2.19. The summed E-state index contributed by atoms with van der Waals surface area (Å²) in [5.74, 6) is -0.591. The fourth-order valence-corrected chi connectivity index (χ4v) is 4.69. The maximum absolute atomic E-state index is 12.8. The molecule has 148 valence electrons. The van der Waals surface area contributed by atoms with Gasteiger partial charge in [-0.2, -0.15) is 4.31 Å². The highest BCUT2D eigenvalue weighted by Gasteiger charge is 2.29. The van der Waals surface area contributed by atoms with Crippen molar-refractivity contribution in [3.8, 4) is 0 Å². The van der Waals surface area contributed by atoms with E-state index in [2.05, 4.69) is 5.32 Å². The van der Waals surface area contributed by atoms with Gasteiger partial charge in [0.2, 0.25) is 15.9 Å². The van der Waals surface area contributed by atoms with Crippen LogP contribution in [0.4, 0.5) is 5.69 Å². The van der Waals surface area contributed by atoms with E-state index in [0.29, 0.717) is 31.3 Å². The Labute approximate surface area is 170 Å². The Kier molecular flexibility index (Phi) is 5.97. The fourth-order valence-electron chi connectivity index (χ4n) is 2.98. The van der Waals surface area contributed by atoms with Gasteiger partial charge in [-0.3, -0.25) is 4.79 Å². The van der Waals surface area contributed by atoms with Gasteiger partial charge in [0, 0.05) is 37.4 Å². The fraction of sp³-hybridized carbons (Fsp3) is 0.263. The molecule has 3 rings (SSSR count). The van der Waals surface area contributed by atoms with E-state index in [4.69, 9.17) is 18.0 Å². The van der Waals surface area contributed by atoms with Gasteiger partial charge in [-0.1, -0.05) is 18.2 Å². The Bertz CT molecular complexity index is 982. The maximum atomic E-state index is 12.8. The Hall–Kier alpha value is -2.49. The number of nitrogens with one attached hydrogen (secondary N) is 1. The van der Waals surface area contributed by atoms with Crippen LogP contribution in [-0.2, 0) is 10.0 Å². The van der Waals surface area contributed by atoms with Crippen LogP contribution in [0.25, 0.3) is 0 Å². The maximum Gasteiger partial charge on any atom is 0.248 e.